The van der Waals surface area contributed by atoms with E-state index in [-0.39, 0.29) is 6.10 Å². The number of carbonyl (C=O) groups excluding carboxylic acids is 1. The molecular weight excluding hydrogens is 401 g/mol. The van der Waals surface area contributed by atoms with Crippen molar-refractivity contribution in [2.24, 2.45) is 0 Å². The third-order valence-corrected chi connectivity index (χ3v) is 5.03. The highest BCUT2D eigenvalue weighted by molar-refractivity contribution is 6.33. The number of aromatic nitrogens is 2. The van der Waals surface area contributed by atoms with Crippen LogP contribution in [0.25, 0.3) is 10.9 Å². The van der Waals surface area contributed by atoms with E-state index in [2.05, 4.69) is 25.5 Å². The SMILES string of the molecule is C[C@H]1CN(c2ncc(NC(=O)Nc3c[nH]c4ccc(Cl)cc34)cc2Cl)CCO1. The summed E-state index contributed by atoms with van der Waals surface area (Å²) in [6, 6.07) is 6.73. The Morgan fingerprint density at radius 1 is 1.32 bits per heavy atom. The maximum absolute atomic E-state index is 12.4. The summed E-state index contributed by atoms with van der Waals surface area (Å²) in [5.74, 6) is 0.689. The van der Waals surface area contributed by atoms with Gasteiger partial charge in [-0.2, -0.15) is 0 Å². The zero-order chi connectivity index (χ0) is 19.7. The average molecular weight is 420 g/mol. The Morgan fingerprint density at radius 3 is 2.96 bits per heavy atom. The number of morpholine rings is 1. The van der Waals surface area contributed by atoms with Crippen molar-refractivity contribution < 1.29 is 9.53 Å². The molecule has 7 nitrogen and oxygen atoms in total. The summed E-state index contributed by atoms with van der Waals surface area (Å²) in [5, 5.41) is 7.46. The van der Waals surface area contributed by atoms with Gasteiger partial charge in [-0.05, 0) is 31.2 Å². The summed E-state index contributed by atoms with van der Waals surface area (Å²) in [4.78, 5) is 22.0. The van der Waals surface area contributed by atoms with Gasteiger partial charge in [-0.25, -0.2) is 9.78 Å². The Kier molecular flexibility index (Phi) is 5.30. The third-order valence-electron chi connectivity index (χ3n) is 4.51. The maximum atomic E-state index is 12.4. The summed E-state index contributed by atoms with van der Waals surface area (Å²) in [7, 11) is 0. The summed E-state index contributed by atoms with van der Waals surface area (Å²) < 4.78 is 5.54. The number of anilines is 3. The first-order chi connectivity index (χ1) is 13.5. The molecule has 1 aliphatic heterocycles. The standard InChI is InChI=1S/C19H19Cl2N5O2/c1-11-10-26(4-5-28-11)18-15(21)7-13(8-23-18)24-19(27)25-17-9-22-16-3-2-12(20)6-14(16)17/h2-3,6-9,11,22H,4-5,10H2,1H3,(H2,24,25,27)/t11-/m0/s1. The molecule has 4 rings (SSSR count). The molecule has 1 saturated heterocycles. The highest BCUT2D eigenvalue weighted by Crippen LogP contribution is 2.28. The van der Waals surface area contributed by atoms with E-state index in [0.717, 1.165) is 24.0 Å². The van der Waals surface area contributed by atoms with Gasteiger partial charge in [0.1, 0.15) is 5.82 Å². The predicted octanol–water partition coefficient (Wildman–Crippen LogP) is 4.74. The zero-order valence-electron chi connectivity index (χ0n) is 15.1. The number of rotatable bonds is 3. The molecule has 1 aliphatic rings. The van der Waals surface area contributed by atoms with Crippen molar-refractivity contribution in [3.05, 3.63) is 46.7 Å². The van der Waals surface area contributed by atoms with Crippen LogP contribution in [0, 0.1) is 0 Å². The van der Waals surface area contributed by atoms with Crippen molar-refractivity contribution >= 4 is 57.3 Å². The Balaban J connectivity index is 1.45. The molecule has 0 aliphatic carbocycles. The van der Waals surface area contributed by atoms with E-state index in [1.807, 2.05) is 13.0 Å². The first-order valence-corrected chi connectivity index (χ1v) is 9.62. The molecule has 2 amide bonds. The van der Waals surface area contributed by atoms with Crippen molar-refractivity contribution in [1.29, 1.82) is 0 Å². The molecule has 0 bridgehead atoms. The van der Waals surface area contributed by atoms with Crippen molar-refractivity contribution in [1.82, 2.24) is 9.97 Å². The topological polar surface area (TPSA) is 82.3 Å². The fraction of sp³-hybridized carbons (Fsp3) is 0.263. The summed E-state index contributed by atoms with van der Waals surface area (Å²) in [6.45, 7) is 4.10. The molecule has 146 valence electrons. The second-order valence-electron chi connectivity index (χ2n) is 6.63. The molecule has 0 saturated carbocycles. The number of pyridine rings is 1. The summed E-state index contributed by atoms with van der Waals surface area (Å²) >= 11 is 12.4. The Morgan fingerprint density at radius 2 is 2.18 bits per heavy atom. The average Bonchev–Trinajstić information content (AvgIpc) is 3.03. The van der Waals surface area contributed by atoms with Crippen molar-refractivity contribution in [3.63, 3.8) is 0 Å². The van der Waals surface area contributed by atoms with Crippen LogP contribution in [0.2, 0.25) is 10.0 Å². The van der Waals surface area contributed by atoms with Gasteiger partial charge in [0.15, 0.2) is 0 Å². The van der Waals surface area contributed by atoms with E-state index in [1.165, 1.54) is 0 Å². The predicted molar refractivity (Wildman–Crippen MR) is 113 cm³/mol. The van der Waals surface area contributed by atoms with Crippen LogP contribution in [0.1, 0.15) is 6.92 Å². The lowest BCUT2D eigenvalue weighted by Gasteiger charge is -2.32. The van der Waals surface area contributed by atoms with Crippen LogP contribution in [0.3, 0.4) is 0 Å². The molecule has 9 heteroatoms. The first-order valence-electron chi connectivity index (χ1n) is 8.86. The number of hydrogen-bond acceptors (Lipinski definition) is 4. The number of benzene rings is 1. The fourth-order valence-electron chi connectivity index (χ4n) is 3.22. The number of hydrogen-bond donors (Lipinski definition) is 3. The maximum Gasteiger partial charge on any atom is 0.323 e. The lowest BCUT2D eigenvalue weighted by Crippen LogP contribution is -2.41. The molecule has 0 spiro atoms. The van der Waals surface area contributed by atoms with Gasteiger partial charge in [0.25, 0.3) is 0 Å². The minimum atomic E-state index is -0.397. The van der Waals surface area contributed by atoms with Crippen molar-refractivity contribution in [3.8, 4) is 0 Å². The molecule has 0 radical (unpaired) electrons. The summed E-state index contributed by atoms with van der Waals surface area (Å²) in [5.41, 5.74) is 2.02. The van der Waals surface area contributed by atoms with Gasteiger partial charge in [0, 0.05) is 35.2 Å². The van der Waals surface area contributed by atoms with Crippen LogP contribution in [0.15, 0.2) is 36.7 Å². The lowest BCUT2D eigenvalue weighted by atomic mass is 10.2. The van der Waals surface area contributed by atoms with Crippen molar-refractivity contribution in [2.75, 3.05) is 35.2 Å². The van der Waals surface area contributed by atoms with E-state index >= 15 is 0 Å². The van der Waals surface area contributed by atoms with Gasteiger partial charge in [-0.1, -0.05) is 23.2 Å². The van der Waals surface area contributed by atoms with Crippen LogP contribution in [0.4, 0.5) is 22.0 Å². The van der Waals surface area contributed by atoms with Gasteiger partial charge in [0.05, 0.1) is 35.3 Å². The zero-order valence-corrected chi connectivity index (χ0v) is 16.6. The molecule has 2 aromatic heterocycles. The Labute approximate surface area is 172 Å². The molecule has 3 heterocycles. The lowest BCUT2D eigenvalue weighted by molar-refractivity contribution is 0.0529. The highest BCUT2D eigenvalue weighted by atomic mass is 35.5. The number of nitrogens with zero attached hydrogens (tertiary/aromatic N) is 2. The smallest absolute Gasteiger partial charge is 0.323 e. The molecule has 1 atom stereocenters. The van der Waals surface area contributed by atoms with Gasteiger partial charge in [-0.15, -0.1) is 0 Å². The second kappa shape index (κ2) is 7.87. The normalized spacial score (nSPS) is 17.0. The molecular formula is C19H19Cl2N5O2. The van der Waals surface area contributed by atoms with E-state index in [4.69, 9.17) is 27.9 Å². The van der Waals surface area contributed by atoms with Crippen molar-refractivity contribution in [2.45, 2.75) is 13.0 Å². The van der Waals surface area contributed by atoms with E-state index in [0.29, 0.717) is 33.8 Å². The van der Waals surface area contributed by atoms with Crippen LogP contribution in [-0.2, 0) is 4.74 Å². The number of carbonyl (C=O) groups is 1. The quantitative estimate of drug-likeness (QED) is 0.572. The Bertz CT molecular complexity index is 1020. The second-order valence-corrected chi connectivity index (χ2v) is 7.47. The largest absolute Gasteiger partial charge is 0.375 e. The molecule has 28 heavy (non-hydrogen) atoms. The van der Waals surface area contributed by atoms with Crippen LogP contribution < -0.4 is 15.5 Å². The number of fused-ring (bicyclic) bond motifs is 1. The molecule has 3 aromatic rings. The van der Waals surface area contributed by atoms with Gasteiger partial charge >= 0.3 is 6.03 Å². The number of ether oxygens (including phenoxy) is 1. The van der Waals surface area contributed by atoms with Gasteiger partial charge < -0.3 is 25.3 Å². The summed E-state index contributed by atoms with van der Waals surface area (Å²) in [6.07, 6.45) is 3.43. The monoisotopic (exact) mass is 419 g/mol. The minimum absolute atomic E-state index is 0.125. The fourth-order valence-corrected chi connectivity index (χ4v) is 3.68. The highest BCUT2D eigenvalue weighted by Gasteiger charge is 2.20. The molecule has 1 fully saturated rings. The third kappa shape index (κ3) is 4.01. The number of aromatic amines is 1. The number of halogens is 2. The van der Waals surface area contributed by atoms with E-state index < -0.39 is 6.03 Å². The molecule has 1 aromatic carbocycles. The Hall–Kier alpha value is -2.48. The van der Waals surface area contributed by atoms with Crippen LogP contribution >= 0.6 is 23.2 Å². The number of urea groups is 1. The van der Waals surface area contributed by atoms with Crippen LogP contribution in [-0.4, -0.2) is 41.8 Å². The van der Waals surface area contributed by atoms with E-state index in [1.54, 1.807) is 30.6 Å². The number of H-pyrrole nitrogens is 1. The van der Waals surface area contributed by atoms with Crippen LogP contribution in [0.5, 0.6) is 0 Å². The molecule has 0 unspecified atom stereocenters. The first kappa shape index (κ1) is 18.9. The number of nitrogens with one attached hydrogen (secondary N) is 3. The minimum Gasteiger partial charge on any atom is -0.375 e. The van der Waals surface area contributed by atoms with Gasteiger partial charge in [0.2, 0.25) is 0 Å². The molecule has 3 N–H and O–H groups in total. The van der Waals surface area contributed by atoms with E-state index in [9.17, 15) is 4.79 Å². The number of amides is 2. The van der Waals surface area contributed by atoms with Gasteiger partial charge in [-0.3, -0.25) is 0 Å².